The predicted molar refractivity (Wildman–Crippen MR) is 89.5 cm³/mol. The first-order valence-electron chi connectivity index (χ1n) is 8.05. The number of halogens is 1. The molecular weight excluding hydrogens is 317 g/mol. The minimum absolute atomic E-state index is 0.121. The number of aryl methyl sites for hydroxylation is 1. The molecule has 1 aromatic carbocycles. The highest BCUT2D eigenvalue weighted by molar-refractivity contribution is 7.89. The van der Waals surface area contributed by atoms with Gasteiger partial charge in [0, 0.05) is 32.7 Å². The Balaban J connectivity index is 1.71. The van der Waals surface area contributed by atoms with E-state index in [9.17, 15) is 12.8 Å². The van der Waals surface area contributed by atoms with Crippen LogP contribution in [0.5, 0.6) is 0 Å². The van der Waals surface area contributed by atoms with Crippen molar-refractivity contribution < 1.29 is 12.8 Å². The Morgan fingerprint density at radius 3 is 2.52 bits per heavy atom. The summed E-state index contributed by atoms with van der Waals surface area (Å²) in [6, 6.07) is 3.86. The van der Waals surface area contributed by atoms with Crippen molar-refractivity contribution in [1.29, 1.82) is 0 Å². The van der Waals surface area contributed by atoms with Crippen molar-refractivity contribution >= 4 is 10.0 Å². The molecule has 7 heteroatoms. The Hall–Kier alpha value is -1.02. The number of sulfonamides is 1. The predicted octanol–water partition coefficient (Wildman–Crippen LogP) is 1.44. The minimum Gasteiger partial charge on any atom is -0.304 e. The molecule has 0 saturated carbocycles. The van der Waals surface area contributed by atoms with Crippen LogP contribution in [0.1, 0.15) is 18.4 Å². The lowest BCUT2D eigenvalue weighted by Crippen LogP contribution is -2.44. The molecule has 5 nitrogen and oxygen atoms in total. The van der Waals surface area contributed by atoms with Crippen LogP contribution in [0.4, 0.5) is 4.39 Å². The smallest absolute Gasteiger partial charge is 0.240 e. The van der Waals surface area contributed by atoms with E-state index in [-0.39, 0.29) is 4.90 Å². The van der Waals surface area contributed by atoms with Crippen LogP contribution in [-0.4, -0.2) is 64.5 Å². The van der Waals surface area contributed by atoms with Crippen molar-refractivity contribution in [2.75, 3.05) is 46.3 Å². The van der Waals surface area contributed by atoms with Crippen LogP contribution in [0.2, 0.25) is 0 Å². The molecular formula is C16H26FN3O2S. The maximum atomic E-state index is 13.2. The van der Waals surface area contributed by atoms with E-state index < -0.39 is 15.8 Å². The van der Waals surface area contributed by atoms with E-state index >= 15 is 0 Å². The summed E-state index contributed by atoms with van der Waals surface area (Å²) < 4.78 is 40.1. The van der Waals surface area contributed by atoms with Crippen LogP contribution in [0.25, 0.3) is 0 Å². The van der Waals surface area contributed by atoms with Gasteiger partial charge in [0.25, 0.3) is 0 Å². The quantitative estimate of drug-likeness (QED) is 0.761. The summed E-state index contributed by atoms with van der Waals surface area (Å²) >= 11 is 0. The largest absolute Gasteiger partial charge is 0.304 e. The van der Waals surface area contributed by atoms with Gasteiger partial charge in [-0.15, -0.1) is 0 Å². The summed E-state index contributed by atoms with van der Waals surface area (Å²) in [5.41, 5.74) is 0.336. The highest BCUT2D eigenvalue weighted by Crippen LogP contribution is 2.14. The summed E-state index contributed by atoms with van der Waals surface area (Å²) in [5, 5.41) is 0. The van der Waals surface area contributed by atoms with E-state index in [1.54, 1.807) is 6.92 Å². The molecule has 130 valence electrons. The van der Waals surface area contributed by atoms with Gasteiger partial charge < -0.3 is 9.80 Å². The van der Waals surface area contributed by atoms with E-state index in [0.717, 1.165) is 45.6 Å². The summed E-state index contributed by atoms with van der Waals surface area (Å²) in [6.07, 6.45) is 1.76. The fourth-order valence-electron chi connectivity index (χ4n) is 2.61. The molecule has 1 N–H and O–H groups in total. The third kappa shape index (κ3) is 5.53. The van der Waals surface area contributed by atoms with Crippen LogP contribution in [0, 0.1) is 12.7 Å². The maximum absolute atomic E-state index is 13.2. The molecule has 0 amide bonds. The molecule has 0 bridgehead atoms. The monoisotopic (exact) mass is 343 g/mol. The lowest BCUT2D eigenvalue weighted by Gasteiger charge is -2.32. The van der Waals surface area contributed by atoms with Crippen LogP contribution < -0.4 is 4.72 Å². The van der Waals surface area contributed by atoms with Gasteiger partial charge >= 0.3 is 0 Å². The zero-order valence-electron chi connectivity index (χ0n) is 13.9. The third-order valence-corrected chi connectivity index (χ3v) is 5.69. The van der Waals surface area contributed by atoms with Crippen LogP contribution in [0.3, 0.4) is 0 Å². The average molecular weight is 343 g/mol. The Labute approximate surface area is 138 Å². The lowest BCUT2D eigenvalue weighted by molar-refractivity contribution is 0.152. The van der Waals surface area contributed by atoms with E-state index in [1.807, 2.05) is 0 Å². The molecule has 0 spiro atoms. The first kappa shape index (κ1) is 18.3. The van der Waals surface area contributed by atoms with E-state index in [0.29, 0.717) is 12.1 Å². The third-order valence-electron chi connectivity index (χ3n) is 4.23. The number of hydrogen-bond donors (Lipinski definition) is 1. The standard InChI is InChI=1S/C16H26FN3O2S/c1-14-13-15(5-6-16(14)17)23(21,22)18-7-3-4-8-20-11-9-19(2)10-12-20/h5-6,13,18H,3-4,7-12H2,1-2H3. The lowest BCUT2D eigenvalue weighted by atomic mass is 10.2. The van der Waals surface area contributed by atoms with Crippen LogP contribution in [-0.2, 0) is 10.0 Å². The van der Waals surface area contributed by atoms with Crippen molar-refractivity contribution in [2.24, 2.45) is 0 Å². The minimum atomic E-state index is -3.55. The van der Waals surface area contributed by atoms with Gasteiger partial charge in [-0.1, -0.05) is 0 Å². The van der Waals surface area contributed by atoms with Crippen molar-refractivity contribution in [3.63, 3.8) is 0 Å². The molecule has 1 aliphatic rings. The molecule has 1 heterocycles. The van der Waals surface area contributed by atoms with Gasteiger partial charge in [-0.25, -0.2) is 17.5 Å². The molecule has 2 rings (SSSR count). The number of hydrogen-bond acceptors (Lipinski definition) is 4. The Bertz CT molecular complexity index is 614. The number of nitrogens with zero attached hydrogens (tertiary/aromatic N) is 2. The second-order valence-corrected chi connectivity index (χ2v) is 7.93. The maximum Gasteiger partial charge on any atom is 0.240 e. The molecule has 0 aliphatic carbocycles. The number of unbranched alkanes of at least 4 members (excludes halogenated alkanes) is 1. The molecule has 1 aliphatic heterocycles. The van der Waals surface area contributed by atoms with Crippen molar-refractivity contribution in [3.05, 3.63) is 29.6 Å². The number of benzene rings is 1. The fraction of sp³-hybridized carbons (Fsp3) is 0.625. The van der Waals surface area contributed by atoms with Crippen molar-refractivity contribution in [1.82, 2.24) is 14.5 Å². The van der Waals surface area contributed by atoms with E-state index in [1.165, 1.54) is 18.2 Å². The number of likely N-dealkylation sites (N-methyl/N-ethyl adjacent to an activating group) is 1. The number of nitrogens with one attached hydrogen (secondary N) is 1. The topological polar surface area (TPSA) is 52.7 Å². The van der Waals surface area contributed by atoms with Crippen molar-refractivity contribution in [3.8, 4) is 0 Å². The highest BCUT2D eigenvalue weighted by atomic mass is 32.2. The van der Waals surface area contributed by atoms with Gasteiger partial charge in [0.05, 0.1) is 4.90 Å². The summed E-state index contributed by atoms with van der Waals surface area (Å²) in [6.45, 7) is 7.32. The molecule has 1 fully saturated rings. The number of piperazine rings is 1. The van der Waals surface area contributed by atoms with Gasteiger partial charge in [0.15, 0.2) is 0 Å². The fourth-order valence-corrected chi connectivity index (χ4v) is 3.76. The molecule has 1 saturated heterocycles. The Morgan fingerprint density at radius 2 is 1.87 bits per heavy atom. The van der Waals surface area contributed by atoms with E-state index in [4.69, 9.17) is 0 Å². The van der Waals surface area contributed by atoms with Crippen LogP contribution in [0.15, 0.2) is 23.1 Å². The first-order chi connectivity index (χ1) is 10.9. The average Bonchev–Trinajstić information content (AvgIpc) is 2.51. The number of rotatable bonds is 7. The summed E-state index contributed by atoms with van der Waals surface area (Å²) in [4.78, 5) is 4.85. The molecule has 0 atom stereocenters. The molecule has 23 heavy (non-hydrogen) atoms. The van der Waals surface area contributed by atoms with Gasteiger partial charge in [0.1, 0.15) is 5.82 Å². The second-order valence-electron chi connectivity index (χ2n) is 6.16. The van der Waals surface area contributed by atoms with E-state index in [2.05, 4.69) is 21.6 Å². The normalized spacial score (nSPS) is 17.5. The summed E-state index contributed by atoms with van der Waals surface area (Å²) in [5.74, 6) is -0.392. The Morgan fingerprint density at radius 1 is 1.17 bits per heavy atom. The molecule has 0 aromatic heterocycles. The van der Waals surface area contributed by atoms with Gasteiger partial charge in [-0.3, -0.25) is 0 Å². The van der Waals surface area contributed by atoms with Crippen molar-refractivity contribution in [2.45, 2.75) is 24.7 Å². The zero-order valence-corrected chi connectivity index (χ0v) is 14.7. The van der Waals surface area contributed by atoms with Gasteiger partial charge in [-0.2, -0.15) is 0 Å². The SMILES string of the molecule is Cc1cc(S(=O)(=O)NCCCCN2CCN(C)CC2)ccc1F. The Kier molecular flexibility index (Phi) is 6.52. The summed E-state index contributed by atoms with van der Waals surface area (Å²) in [7, 11) is -1.42. The van der Waals surface area contributed by atoms with Gasteiger partial charge in [-0.05, 0) is 57.1 Å². The zero-order chi connectivity index (χ0) is 16.9. The van der Waals surface area contributed by atoms with Crippen LogP contribution >= 0.6 is 0 Å². The second kappa shape index (κ2) is 8.19. The molecule has 0 radical (unpaired) electrons. The molecule has 1 aromatic rings. The van der Waals surface area contributed by atoms with Gasteiger partial charge in [0.2, 0.25) is 10.0 Å². The molecule has 0 unspecified atom stereocenters. The highest BCUT2D eigenvalue weighted by Gasteiger charge is 2.15. The first-order valence-corrected chi connectivity index (χ1v) is 9.53.